The fourth-order valence-corrected chi connectivity index (χ4v) is 10.4. The maximum Gasteiger partial charge on any atom is 0.305 e. The molecule has 10 nitrogen and oxygen atoms in total. The van der Waals surface area contributed by atoms with Gasteiger partial charge in [0.05, 0.1) is 12.0 Å². The number of piperidine rings is 1. The Bertz CT molecular complexity index is 1690. The Hall–Kier alpha value is -3.13. The van der Waals surface area contributed by atoms with E-state index >= 15 is 0 Å². The summed E-state index contributed by atoms with van der Waals surface area (Å²) in [6.45, 7) is 5.49. The van der Waals surface area contributed by atoms with Crippen LogP contribution < -0.4 is 10.2 Å². The first-order chi connectivity index (χ1) is 24.2. The van der Waals surface area contributed by atoms with Crippen molar-refractivity contribution < 1.29 is 36.6 Å². The number of β-amino-alcohol motifs (C(OH)–C–C–N with tert-alkyl or cyclic N) is 1. The van der Waals surface area contributed by atoms with E-state index in [9.17, 15) is 31.9 Å². The van der Waals surface area contributed by atoms with Crippen LogP contribution in [0.5, 0.6) is 0 Å². The molecule has 4 aliphatic rings. The number of methoxy groups -OCH3 is 1. The normalized spacial score (nSPS) is 24.4. The minimum atomic E-state index is -3.46. The number of carbonyl (C=O) groups excluding carboxylic acids is 2. The lowest BCUT2D eigenvalue weighted by Gasteiger charge is -2.53. The highest BCUT2D eigenvalue weighted by molar-refractivity contribution is 7.90. The van der Waals surface area contributed by atoms with Gasteiger partial charge in [0.1, 0.15) is 17.6 Å². The first kappa shape index (κ1) is 37.6. The Balaban J connectivity index is 1.16. The number of benzene rings is 2. The van der Waals surface area contributed by atoms with Crippen molar-refractivity contribution in [1.29, 1.82) is 0 Å². The highest BCUT2D eigenvalue weighted by Crippen LogP contribution is 2.53. The Kier molecular flexibility index (Phi) is 11.1. The van der Waals surface area contributed by atoms with Crippen molar-refractivity contribution in [3.8, 4) is 0 Å². The zero-order chi connectivity index (χ0) is 36.6. The maximum absolute atomic E-state index is 14.9. The fourth-order valence-electron chi connectivity index (χ4n) is 9.53. The molecular weight excluding hydrogens is 679 g/mol. The number of ether oxygens (including phenoxy) is 1. The summed E-state index contributed by atoms with van der Waals surface area (Å²) in [5, 5.41) is 14.7. The molecule has 2 aromatic carbocycles. The number of sulfone groups is 1. The standard InChI is InChI=1S/C38H52F2N4O6S/c1-26(45)41-22-38(30-7-5-8-31(39)18-30,34-9-4-6-27(34)17-36(46)50-2)29-12-14-42(15-13-29)23-37(47)24-44(25-37)33-10-11-35(51(3,48)49)28(16-33)19-43-20-32(40)21-43/h5,7-8,10-11,16,18,27,29,32,34,47H,4,6,9,12-15,17,19-25H2,1-3H3,(H,41,45)/t27-,34+,38+/m1/s1. The van der Waals surface area contributed by atoms with Crippen LogP contribution >= 0.6 is 0 Å². The average Bonchev–Trinajstić information content (AvgIpc) is 3.51. The molecule has 0 bridgehead atoms. The number of hydrogen-bond acceptors (Lipinski definition) is 9. The van der Waals surface area contributed by atoms with Crippen LogP contribution in [0.3, 0.4) is 0 Å². The molecule has 2 N–H and O–H groups in total. The Morgan fingerprint density at radius 1 is 1.06 bits per heavy atom. The van der Waals surface area contributed by atoms with E-state index in [4.69, 9.17) is 4.74 Å². The summed E-state index contributed by atoms with van der Waals surface area (Å²) in [5.74, 6) is -0.546. The van der Waals surface area contributed by atoms with Crippen LogP contribution in [0.1, 0.15) is 56.6 Å². The first-order valence-electron chi connectivity index (χ1n) is 18.2. The summed E-state index contributed by atoms with van der Waals surface area (Å²) in [7, 11) is -2.06. The highest BCUT2D eigenvalue weighted by atomic mass is 32.2. The summed E-state index contributed by atoms with van der Waals surface area (Å²) >= 11 is 0. The van der Waals surface area contributed by atoms with Gasteiger partial charge in [-0.3, -0.25) is 14.5 Å². The monoisotopic (exact) mass is 730 g/mol. The second-order valence-electron chi connectivity index (χ2n) is 15.5. The molecule has 3 atom stereocenters. The van der Waals surface area contributed by atoms with E-state index < -0.39 is 27.0 Å². The van der Waals surface area contributed by atoms with Gasteiger partial charge in [0.2, 0.25) is 5.91 Å². The van der Waals surface area contributed by atoms with Gasteiger partial charge in [-0.15, -0.1) is 0 Å². The summed E-state index contributed by atoms with van der Waals surface area (Å²) in [6.07, 6.45) is 4.83. The van der Waals surface area contributed by atoms with Crippen LogP contribution in [0, 0.1) is 23.6 Å². The fraction of sp³-hybridized carbons (Fsp3) is 0.632. The van der Waals surface area contributed by atoms with Crippen LogP contribution in [0.2, 0.25) is 0 Å². The molecule has 6 rings (SSSR count). The molecule has 0 radical (unpaired) electrons. The number of nitrogens with one attached hydrogen (secondary N) is 1. The molecule has 0 aromatic heterocycles. The van der Waals surface area contributed by atoms with E-state index in [0.717, 1.165) is 56.4 Å². The number of hydrogen-bond donors (Lipinski definition) is 2. The second-order valence-corrected chi connectivity index (χ2v) is 17.5. The molecule has 3 aliphatic heterocycles. The average molecular weight is 731 g/mol. The molecule has 1 aliphatic carbocycles. The molecule has 4 fully saturated rings. The SMILES string of the molecule is COC(=O)C[C@H]1CCC[C@@H]1[C@](CNC(C)=O)(c1cccc(F)c1)C1CCN(CC2(O)CN(c3ccc(S(C)(=O)=O)c(CN4CC(F)C4)c3)C2)CC1. The second kappa shape index (κ2) is 15.1. The molecule has 3 heterocycles. The number of esters is 1. The smallest absolute Gasteiger partial charge is 0.305 e. The summed E-state index contributed by atoms with van der Waals surface area (Å²) in [5.41, 5.74) is 0.778. The van der Waals surface area contributed by atoms with E-state index in [1.807, 2.05) is 21.9 Å². The molecule has 280 valence electrons. The third kappa shape index (κ3) is 8.26. The summed E-state index contributed by atoms with van der Waals surface area (Å²) < 4.78 is 58.4. The van der Waals surface area contributed by atoms with E-state index in [-0.39, 0.29) is 46.8 Å². The predicted molar refractivity (Wildman–Crippen MR) is 190 cm³/mol. The van der Waals surface area contributed by atoms with E-state index in [0.29, 0.717) is 51.4 Å². The third-order valence-corrected chi connectivity index (χ3v) is 13.1. The van der Waals surface area contributed by atoms with Crippen molar-refractivity contribution in [2.45, 2.75) is 74.1 Å². The van der Waals surface area contributed by atoms with Crippen molar-refractivity contribution in [3.05, 3.63) is 59.4 Å². The van der Waals surface area contributed by atoms with E-state index in [1.54, 1.807) is 24.3 Å². The van der Waals surface area contributed by atoms with E-state index in [1.165, 1.54) is 26.4 Å². The number of aliphatic hydroxyl groups is 1. The zero-order valence-corrected chi connectivity index (χ0v) is 30.8. The number of alkyl halides is 1. The molecular formula is C38H52F2N4O6S. The highest BCUT2D eigenvalue weighted by Gasteiger charge is 2.52. The van der Waals surface area contributed by atoms with Crippen molar-refractivity contribution in [1.82, 2.24) is 15.1 Å². The first-order valence-corrected chi connectivity index (χ1v) is 20.0. The van der Waals surface area contributed by atoms with Crippen molar-refractivity contribution in [2.75, 3.05) is 70.6 Å². The van der Waals surface area contributed by atoms with Crippen molar-refractivity contribution in [3.63, 3.8) is 0 Å². The largest absolute Gasteiger partial charge is 0.469 e. The van der Waals surface area contributed by atoms with Crippen LogP contribution in [-0.2, 0) is 36.1 Å². The van der Waals surface area contributed by atoms with Gasteiger partial charge in [-0.2, -0.15) is 0 Å². The zero-order valence-electron chi connectivity index (χ0n) is 30.0. The molecule has 3 saturated heterocycles. The molecule has 2 aromatic rings. The van der Waals surface area contributed by atoms with Crippen molar-refractivity contribution >= 4 is 27.4 Å². The van der Waals surface area contributed by atoms with Crippen LogP contribution in [0.25, 0.3) is 0 Å². The van der Waals surface area contributed by atoms with Gasteiger partial charge < -0.3 is 25.0 Å². The lowest BCUT2D eigenvalue weighted by molar-refractivity contribution is -0.142. The number of carbonyl (C=O) groups is 2. The molecule has 1 saturated carbocycles. The van der Waals surface area contributed by atoms with Gasteiger partial charge in [0.15, 0.2) is 9.84 Å². The molecule has 0 unspecified atom stereocenters. The minimum absolute atomic E-state index is 0.0460. The Morgan fingerprint density at radius 3 is 2.41 bits per heavy atom. The topological polar surface area (TPSA) is 119 Å². The third-order valence-electron chi connectivity index (χ3n) is 11.9. The lowest BCUT2D eigenvalue weighted by atomic mass is 9.57. The Morgan fingerprint density at radius 2 is 1.78 bits per heavy atom. The maximum atomic E-state index is 14.9. The molecule has 13 heteroatoms. The summed E-state index contributed by atoms with van der Waals surface area (Å²) in [4.78, 5) is 31.3. The van der Waals surface area contributed by atoms with Crippen LogP contribution in [0.4, 0.5) is 14.5 Å². The summed E-state index contributed by atoms with van der Waals surface area (Å²) in [6, 6.07) is 12.0. The van der Waals surface area contributed by atoms with Gasteiger partial charge in [-0.05, 0) is 98.0 Å². The van der Waals surface area contributed by atoms with Gasteiger partial charge in [0, 0.05) is 76.5 Å². The number of likely N-dealkylation sites (tertiary alicyclic amines) is 2. The predicted octanol–water partition coefficient (Wildman–Crippen LogP) is 3.70. The quantitative estimate of drug-likeness (QED) is 0.298. The Labute approximate surface area is 300 Å². The number of rotatable bonds is 13. The van der Waals surface area contributed by atoms with Gasteiger partial charge in [-0.25, -0.2) is 17.2 Å². The van der Waals surface area contributed by atoms with Gasteiger partial charge >= 0.3 is 5.97 Å². The molecule has 0 spiro atoms. The van der Waals surface area contributed by atoms with Crippen LogP contribution in [0.15, 0.2) is 47.4 Å². The van der Waals surface area contributed by atoms with Gasteiger partial charge in [-0.1, -0.05) is 18.6 Å². The van der Waals surface area contributed by atoms with Crippen LogP contribution in [-0.4, -0.2) is 113 Å². The number of anilines is 1. The number of halogens is 2. The van der Waals surface area contributed by atoms with Gasteiger partial charge in [0.25, 0.3) is 0 Å². The molecule has 51 heavy (non-hydrogen) atoms. The number of nitrogens with zero attached hydrogens (tertiary/aromatic N) is 3. The minimum Gasteiger partial charge on any atom is -0.469 e. The van der Waals surface area contributed by atoms with Crippen molar-refractivity contribution in [2.24, 2.45) is 17.8 Å². The molecule has 1 amide bonds. The lowest BCUT2D eigenvalue weighted by Crippen LogP contribution is -2.67. The van der Waals surface area contributed by atoms with E-state index in [2.05, 4.69) is 10.2 Å². The number of amides is 1.